The first-order chi connectivity index (χ1) is 6.16. The molecule has 0 amide bonds. The first-order valence-corrected chi connectivity index (χ1v) is 4.11. The largest absolute Gasteiger partial charge is 0.428 e. The molecule has 2 aromatic rings. The Hall–Kier alpha value is -1.35. The lowest BCUT2D eigenvalue weighted by molar-refractivity contribution is 0.101. The molecule has 66 valence electrons. The average molecular weight is 196 g/mol. The second-order valence-corrected chi connectivity index (χ2v) is 3.03. The standard InChI is InChI=1S/C9H6ClNO2/c1-5(12)6-2-3-8-7(4-6)11-9(10)13-8/h2-4H,1H3. The van der Waals surface area contributed by atoms with Gasteiger partial charge in [-0.15, -0.1) is 0 Å². The Bertz CT molecular complexity index is 475. The molecule has 0 atom stereocenters. The van der Waals surface area contributed by atoms with Crippen molar-refractivity contribution >= 4 is 28.5 Å². The van der Waals surface area contributed by atoms with E-state index in [4.69, 9.17) is 16.0 Å². The molecule has 1 aromatic heterocycles. The van der Waals surface area contributed by atoms with Crippen LogP contribution in [-0.2, 0) is 0 Å². The van der Waals surface area contributed by atoms with Gasteiger partial charge >= 0.3 is 0 Å². The van der Waals surface area contributed by atoms with Gasteiger partial charge in [-0.25, -0.2) is 0 Å². The van der Waals surface area contributed by atoms with Crippen LogP contribution in [-0.4, -0.2) is 10.8 Å². The van der Waals surface area contributed by atoms with Crippen molar-refractivity contribution in [3.05, 3.63) is 29.1 Å². The Morgan fingerprint density at radius 2 is 2.31 bits per heavy atom. The molecule has 0 aliphatic rings. The summed E-state index contributed by atoms with van der Waals surface area (Å²) in [6.45, 7) is 1.50. The molecule has 1 heterocycles. The number of hydrogen-bond donors (Lipinski definition) is 0. The monoisotopic (exact) mass is 195 g/mol. The lowest BCUT2D eigenvalue weighted by Crippen LogP contribution is -1.90. The van der Waals surface area contributed by atoms with Gasteiger partial charge in [0.05, 0.1) is 0 Å². The highest BCUT2D eigenvalue weighted by Gasteiger charge is 2.05. The maximum atomic E-state index is 11.0. The third kappa shape index (κ3) is 1.42. The zero-order chi connectivity index (χ0) is 9.42. The molecule has 1 aromatic carbocycles. The zero-order valence-electron chi connectivity index (χ0n) is 6.87. The Morgan fingerprint density at radius 1 is 1.54 bits per heavy atom. The van der Waals surface area contributed by atoms with Crippen molar-refractivity contribution in [2.24, 2.45) is 0 Å². The van der Waals surface area contributed by atoms with E-state index in [-0.39, 0.29) is 11.1 Å². The lowest BCUT2D eigenvalue weighted by atomic mass is 10.1. The predicted octanol–water partition coefficient (Wildman–Crippen LogP) is 2.68. The van der Waals surface area contributed by atoms with Gasteiger partial charge in [0.15, 0.2) is 11.4 Å². The number of oxazole rings is 1. The van der Waals surface area contributed by atoms with Crippen molar-refractivity contribution < 1.29 is 9.21 Å². The number of aromatic nitrogens is 1. The zero-order valence-corrected chi connectivity index (χ0v) is 7.63. The van der Waals surface area contributed by atoms with Gasteiger partial charge in [-0.05, 0) is 36.7 Å². The number of ketones is 1. The molecule has 3 nitrogen and oxygen atoms in total. The fraction of sp³-hybridized carbons (Fsp3) is 0.111. The number of halogens is 1. The molecule has 0 fully saturated rings. The molecular formula is C9H6ClNO2. The first-order valence-electron chi connectivity index (χ1n) is 3.74. The number of carbonyl (C=O) groups is 1. The molecule has 0 radical (unpaired) electrons. The maximum absolute atomic E-state index is 11.0. The number of nitrogens with zero attached hydrogens (tertiary/aromatic N) is 1. The van der Waals surface area contributed by atoms with Crippen LogP contribution in [0.1, 0.15) is 17.3 Å². The van der Waals surface area contributed by atoms with Crippen LogP contribution in [0.15, 0.2) is 22.6 Å². The first kappa shape index (κ1) is 8.26. The summed E-state index contributed by atoms with van der Waals surface area (Å²) in [6.07, 6.45) is 0. The minimum Gasteiger partial charge on any atom is -0.428 e. The fourth-order valence-electron chi connectivity index (χ4n) is 1.12. The molecule has 13 heavy (non-hydrogen) atoms. The molecule has 0 bridgehead atoms. The normalized spacial score (nSPS) is 10.6. The molecule has 4 heteroatoms. The van der Waals surface area contributed by atoms with E-state index in [9.17, 15) is 4.79 Å². The summed E-state index contributed by atoms with van der Waals surface area (Å²) < 4.78 is 5.05. The van der Waals surface area contributed by atoms with Crippen molar-refractivity contribution in [3.63, 3.8) is 0 Å². The van der Waals surface area contributed by atoms with Crippen molar-refractivity contribution in [1.82, 2.24) is 4.98 Å². The molecular weight excluding hydrogens is 190 g/mol. The van der Waals surface area contributed by atoms with Gasteiger partial charge in [0.1, 0.15) is 5.52 Å². The average Bonchev–Trinajstić information content (AvgIpc) is 2.42. The van der Waals surface area contributed by atoms with E-state index in [1.807, 2.05) is 0 Å². The van der Waals surface area contributed by atoms with E-state index in [2.05, 4.69) is 4.98 Å². The summed E-state index contributed by atoms with van der Waals surface area (Å²) in [5.74, 6) is 0.000947. The van der Waals surface area contributed by atoms with Crippen LogP contribution in [0, 0.1) is 0 Å². The van der Waals surface area contributed by atoms with Crippen LogP contribution in [0.5, 0.6) is 0 Å². The van der Waals surface area contributed by atoms with Crippen LogP contribution in [0.4, 0.5) is 0 Å². The fourth-order valence-corrected chi connectivity index (χ4v) is 1.29. The van der Waals surface area contributed by atoms with Crippen LogP contribution < -0.4 is 0 Å². The van der Waals surface area contributed by atoms with Crippen molar-refractivity contribution in [3.8, 4) is 0 Å². The summed E-state index contributed by atoms with van der Waals surface area (Å²) >= 11 is 5.55. The van der Waals surface area contributed by atoms with Crippen LogP contribution in [0.2, 0.25) is 5.35 Å². The number of carbonyl (C=O) groups excluding carboxylic acids is 1. The highest BCUT2D eigenvalue weighted by Crippen LogP contribution is 2.19. The number of hydrogen-bond acceptors (Lipinski definition) is 3. The smallest absolute Gasteiger partial charge is 0.293 e. The van der Waals surface area contributed by atoms with Gasteiger partial charge < -0.3 is 4.42 Å². The number of rotatable bonds is 1. The van der Waals surface area contributed by atoms with Crippen molar-refractivity contribution in [1.29, 1.82) is 0 Å². The molecule has 0 spiro atoms. The van der Waals surface area contributed by atoms with Gasteiger partial charge in [0, 0.05) is 5.56 Å². The molecule has 0 unspecified atom stereocenters. The molecule has 0 saturated carbocycles. The molecule has 0 aliphatic carbocycles. The van der Waals surface area contributed by atoms with E-state index in [1.54, 1.807) is 18.2 Å². The number of Topliss-reactive ketones (excluding diaryl/α,β-unsaturated/α-hetero) is 1. The Balaban J connectivity index is 2.67. The quantitative estimate of drug-likeness (QED) is 0.657. The van der Waals surface area contributed by atoms with Crippen LogP contribution >= 0.6 is 11.6 Å². The lowest BCUT2D eigenvalue weighted by Gasteiger charge is -1.92. The maximum Gasteiger partial charge on any atom is 0.293 e. The van der Waals surface area contributed by atoms with Crippen LogP contribution in [0.3, 0.4) is 0 Å². The second kappa shape index (κ2) is 2.85. The summed E-state index contributed by atoms with van der Waals surface area (Å²) in [5.41, 5.74) is 1.81. The molecule has 0 saturated heterocycles. The summed E-state index contributed by atoms with van der Waals surface area (Å²) in [5, 5.41) is 0.0932. The van der Waals surface area contributed by atoms with E-state index >= 15 is 0 Å². The van der Waals surface area contributed by atoms with Gasteiger partial charge in [-0.2, -0.15) is 4.98 Å². The van der Waals surface area contributed by atoms with Crippen molar-refractivity contribution in [2.45, 2.75) is 6.92 Å². The van der Waals surface area contributed by atoms with Gasteiger partial charge in [-0.3, -0.25) is 4.79 Å². The Kier molecular flexibility index (Phi) is 1.81. The Morgan fingerprint density at radius 3 is 3.00 bits per heavy atom. The van der Waals surface area contributed by atoms with E-state index < -0.39 is 0 Å². The highest BCUT2D eigenvalue weighted by atomic mass is 35.5. The second-order valence-electron chi connectivity index (χ2n) is 2.71. The van der Waals surface area contributed by atoms with Gasteiger partial charge in [-0.1, -0.05) is 0 Å². The highest BCUT2D eigenvalue weighted by molar-refractivity contribution is 6.28. The molecule has 0 N–H and O–H groups in total. The minimum absolute atomic E-state index is 0.000947. The summed E-state index contributed by atoms with van der Waals surface area (Å²) in [6, 6.07) is 5.03. The predicted molar refractivity (Wildman–Crippen MR) is 49.0 cm³/mol. The minimum atomic E-state index is 0.000947. The number of fused-ring (bicyclic) bond motifs is 1. The molecule has 0 aliphatic heterocycles. The topological polar surface area (TPSA) is 43.1 Å². The van der Waals surface area contributed by atoms with E-state index in [0.717, 1.165) is 0 Å². The summed E-state index contributed by atoms with van der Waals surface area (Å²) in [7, 11) is 0. The van der Waals surface area contributed by atoms with E-state index in [1.165, 1.54) is 6.92 Å². The van der Waals surface area contributed by atoms with Crippen molar-refractivity contribution in [2.75, 3.05) is 0 Å². The molecule has 2 rings (SSSR count). The number of benzene rings is 1. The summed E-state index contributed by atoms with van der Waals surface area (Å²) in [4.78, 5) is 14.9. The Labute approximate surface area is 79.3 Å². The third-order valence-electron chi connectivity index (χ3n) is 1.77. The van der Waals surface area contributed by atoms with Gasteiger partial charge in [0.2, 0.25) is 0 Å². The van der Waals surface area contributed by atoms with E-state index in [0.29, 0.717) is 16.7 Å². The SMILES string of the molecule is CC(=O)c1ccc2oc(Cl)nc2c1. The van der Waals surface area contributed by atoms with Crippen LogP contribution in [0.25, 0.3) is 11.1 Å². The van der Waals surface area contributed by atoms with Gasteiger partial charge in [0.25, 0.3) is 5.35 Å². The third-order valence-corrected chi connectivity index (χ3v) is 1.93.